The maximum atomic E-state index is 14.3. The van der Waals surface area contributed by atoms with Crippen LogP contribution in [0.25, 0.3) is 0 Å². The van der Waals surface area contributed by atoms with Crippen molar-refractivity contribution in [3.63, 3.8) is 0 Å². The van der Waals surface area contributed by atoms with Crippen LogP contribution in [0.2, 0.25) is 0 Å². The molecule has 6 atom stereocenters. The Morgan fingerprint density at radius 1 is 0.590 bits per heavy atom. The van der Waals surface area contributed by atoms with Crippen molar-refractivity contribution >= 4 is 59.1 Å². The summed E-state index contributed by atoms with van der Waals surface area (Å²) in [6.45, 7) is 18.3. The second-order valence-electron chi connectivity index (χ2n) is 17.6. The summed E-state index contributed by atoms with van der Waals surface area (Å²) in [5, 5.41) is 19.5. The smallest absolute Gasteiger partial charge is 0.324 e. The predicted molar refractivity (Wildman–Crippen MR) is 240 cm³/mol. The van der Waals surface area contributed by atoms with Gasteiger partial charge in [0, 0.05) is 54.0 Å². The first-order valence-electron chi connectivity index (χ1n) is 21.7. The third kappa shape index (κ3) is 19.3. The molecule has 0 saturated heterocycles. The highest BCUT2D eigenvalue weighted by Gasteiger charge is 2.39. The van der Waals surface area contributed by atoms with Crippen LogP contribution in [0.3, 0.4) is 0 Å². The van der Waals surface area contributed by atoms with Crippen molar-refractivity contribution < 1.29 is 43.5 Å². The molecule has 0 fully saturated rings. The lowest BCUT2D eigenvalue weighted by atomic mass is 9.96. The number of nitrogens with zero attached hydrogens (tertiary/aromatic N) is 4. The minimum atomic E-state index is -1.20. The van der Waals surface area contributed by atoms with E-state index in [0.29, 0.717) is 30.8 Å². The summed E-state index contributed by atoms with van der Waals surface area (Å²) >= 11 is 1.50. The molecule has 0 aliphatic carbocycles. The minimum absolute atomic E-state index is 0.0288. The van der Waals surface area contributed by atoms with E-state index in [1.807, 2.05) is 48.5 Å². The summed E-state index contributed by atoms with van der Waals surface area (Å²) in [4.78, 5) is 114. The second kappa shape index (κ2) is 28.6. The average Bonchev–Trinajstić information content (AvgIpc) is 3.18. The Hall–Kier alpha value is -3.93. The molecule has 0 bridgehead atoms. The van der Waals surface area contributed by atoms with E-state index in [1.165, 1.54) is 61.6 Å². The van der Waals surface area contributed by atoms with Gasteiger partial charge in [-0.2, -0.15) is 11.8 Å². The summed E-state index contributed by atoms with van der Waals surface area (Å²) in [5.41, 5.74) is 0. The van der Waals surface area contributed by atoms with E-state index in [4.69, 9.17) is 0 Å². The molecule has 18 heteroatoms. The van der Waals surface area contributed by atoms with Crippen LogP contribution in [-0.2, 0) is 33.6 Å². The molecule has 0 aromatic carbocycles. The summed E-state index contributed by atoms with van der Waals surface area (Å²) in [6.07, 6.45) is 3.08. The van der Waals surface area contributed by atoms with Gasteiger partial charge < -0.3 is 40.7 Å². The number of thioether (sulfide) groups is 1. The van der Waals surface area contributed by atoms with Crippen molar-refractivity contribution in [2.75, 3.05) is 53.4 Å². The van der Waals surface area contributed by atoms with Gasteiger partial charge in [-0.1, -0.05) is 62.3 Å². The number of unbranched alkanes of at least 4 members (excludes halogenated alkanes) is 1. The molecule has 0 unspecified atom stereocenters. The van der Waals surface area contributed by atoms with E-state index in [-0.39, 0.29) is 55.4 Å². The van der Waals surface area contributed by atoms with Gasteiger partial charge in [0.1, 0.15) is 36.3 Å². The first-order valence-corrected chi connectivity index (χ1v) is 22.9. The Balaban J connectivity index is 6.37. The molecule has 0 heterocycles. The fraction of sp³-hybridized carbons (Fsp3) is 0.814. The lowest BCUT2D eigenvalue weighted by Gasteiger charge is -2.37. The predicted octanol–water partition coefficient (Wildman–Crippen LogP) is 2.84. The topological polar surface area (TPSA) is 218 Å². The Labute approximate surface area is 370 Å². The van der Waals surface area contributed by atoms with Gasteiger partial charge in [0.25, 0.3) is 0 Å². The Kier molecular flexibility index (Phi) is 26.8. The molecular formula is C43H80N8O9S. The molecule has 0 aliphatic rings. The second-order valence-corrected chi connectivity index (χ2v) is 18.7. The molecule has 352 valence electrons. The number of aliphatic hydroxyl groups is 1. The molecule has 0 aromatic rings. The molecule has 0 saturated carbocycles. The highest BCUT2D eigenvalue weighted by atomic mass is 32.2. The first-order chi connectivity index (χ1) is 28.4. The number of hydrogen-bond donors (Lipinski definition) is 5. The number of amides is 9. The first kappa shape index (κ1) is 57.1. The van der Waals surface area contributed by atoms with E-state index in [2.05, 4.69) is 21.3 Å². The number of nitrogens with one attached hydrogen (secondary N) is 4. The standard InChI is InChI=1S/C43H80N8O9S/c1-16-19-35(53)48(12)34(25-61-21-18-17-20-52)41(58)49(13)33(24-28(6)7)40(57)46-36(29(8)9)42(59)50(14)32(23-27(4)5)39(56)45-30(10)37(54)47-43(60)51(15)31(22-26(2)3)38(55)44-11/h26-34,36,52H,16-25H2,1-15H3,(H,44,55)(H,45,56)(H,46,57)(H,47,54,60)/t30-,31+,32+,33+,34-,36+/m1/s1. The van der Waals surface area contributed by atoms with Crippen LogP contribution in [-0.4, -0.2) is 162 Å². The number of likely N-dealkylation sites (N-methyl/N-ethyl adjacent to an activating group) is 5. The maximum Gasteiger partial charge on any atom is 0.324 e. The normalized spacial score (nSPS) is 14.4. The molecule has 0 rings (SSSR count). The van der Waals surface area contributed by atoms with Crippen LogP contribution in [0.15, 0.2) is 0 Å². The molecule has 61 heavy (non-hydrogen) atoms. The van der Waals surface area contributed by atoms with Gasteiger partial charge in [-0.3, -0.25) is 38.9 Å². The highest BCUT2D eigenvalue weighted by molar-refractivity contribution is 7.99. The minimum Gasteiger partial charge on any atom is -0.396 e. The van der Waals surface area contributed by atoms with Crippen molar-refractivity contribution in [2.45, 2.75) is 150 Å². The molecule has 0 aliphatic heterocycles. The van der Waals surface area contributed by atoms with Crippen LogP contribution in [0.4, 0.5) is 4.79 Å². The lowest BCUT2D eigenvalue weighted by molar-refractivity contribution is -0.148. The van der Waals surface area contributed by atoms with Crippen molar-refractivity contribution in [1.82, 2.24) is 40.9 Å². The van der Waals surface area contributed by atoms with Crippen molar-refractivity contribution in [1.29, 1.82) is 0 Å². The molecule has 0 aromatic heterocycles. The fourth-order valence-electron chi connectivity index (χ4n) is 6.60. The number of rotatable bonds is 27. The summed E-state index contributed by atoms with van der Waals surface area (Å²) in [6, 6.07) is -6.84. The van der Waals surface area contributed by atoms with Gasteiger partial charge in [0.15, 0.2) is 0 Å². The quantitative estimate of drug-likeness (QED) is 0.0761. The van der Waals surface area contributed by atoms with Crippen LogP contribution >= 0.6 is 11.8 Å². The summed E-state index contributed by atoms with van der Waals surface area (Å²) in [7, 11) is 7.46. The Bertz CT molecular complexity index is 1450. The zero-order valence-electron chi connectivity index (χ0n) is 39.8. The zero-order chi connectivity index (χ0) is 47.3. The number of aliphatic hydroxyl groups excluding tert-OH is 1. The van der Waals surface area contributed by atoms with Gasteiger partial charge in [-0.15, -0.1) is 0 Å². The number of urea groups is 1. The van der Waals surface area contributed by atoms with Gasteiger partial charge >= 0.3 is 6.03 Å². The third-order valence-corrected chi connectivity index (χ3v) is 11.6. The van der Waals surface area contributed by atoms with Gasteiger partial charge in [-0.25, -0.2) is 4.79 Å². The fourth-order valence-corrected chi connectivity index (χ4v) is 7.76. The van der Waals surface area contributed by atoms with E-state index >= 15 is 0 Å². The molecule has 9 amide bonds. The molecule has 5 N–H and O–H groups in total. The van der Waals surface area contributed by atoms with Gasteiger partial charge in [0.2, 0.25) is 41.4 Å². The summed E-state index contributed by atoms with van der Waals surface area (Å²) < 4.78 is 0. The molecule has 0 spiro atoms. The zero-order valence-corrected chi connectivity index (χ0v) is 40.6. The highest BCUT2D eigenvalue weighted by Crippen LogP contribution is 2.20. The largest absolute Gasteiger partial charge is 0.396 e. The molecular weight excluding hydrogens is 805 g/mol. The van der Waals surface area contributed by atoms with E-state index in [1.54, 1.807) is 20.9 Å². The molecule has 17 nitrogen and oxygen atoms in total. The number of imide groups is 1. The van der Waals surface area contributed by atoms with E-state index in [0.717, 1.165) is 11.3 Å². The maximum absolute atomic E-state index is 14.3. The number of carbonyl (C=O) groups is 8. The monoisotopic (exact) mass is 885 g/mol. The van der Waals surface area contributed by atoms with Crippen LogP contribution in [0.5, 0.6) is 0 Å². The SMILES string of the molecule is CCCC(=O)N(C)[C@H](CSCCCCO)C(=O)N(C)[C@@H](CC(C)C)C(=O)N[C@H](C(=O)N(C)[C@@H](CC(C)C)C(=O)N[C@H](C)C(=O)NC(=O)N(C)[C@@H](CC(C)C)C(=O)NC)C(C)C. The van der Waals surface area contributed by atoms with Crippen molar-refractivity contribution in [3.05, 3.63) is 0 Å². The van der Waals surface area contributed by atoms with Crippen LogP contribution < -0.4 is 21.3 Å². The van der Waals surface area contributed by atoms with Gasteiger partial charge in [0.05, 0.1) is 0 Å². The van der Waals surface area contributed by atoms with Crippen molar-refractivity contribution in [2.24, 2.45) is 23.7 Å². The Morgan fingerprint density at radius 3 is 1.51 bits per heavy atom. The van der Waals surface area contributed by atoms with E-state index < -0.39 is 77.7 Å². The Morgan fingerprint density at radius 2 is 1.07 bits per heavy atom. The lowest BCUT2D eigenvalue weighted by Crippen LogP contribution is -2.61. The number of hydrogen-bond acceptors (Lipinski definition) is 10. The van der Waals surface area contributed by atoms with Crippen LogP contribution in [0, 0.1) is 23.7 Å². The van der Waals surface area contributed by atoms with E-state index in [9.17, 15) is 43.5 Å². The number of carbonyl (C=O) groups excluding carboxylic acids is 8. The van der Waals surface area contributed by atoms with Crippen LogP contribution in [0.1, 0.15) is 114 Å². The van der Waals surface area contributed by atoms with Gasteiger partial charge in [-0.05, 0) is 74.9 Å². The third-order valence-electron chi connectivity index (χ3n) is 10.5. The summed E-state index contributed by atoms with van der Waals surface area (Å²) in [5.74, 6) is -3.02. The molecule has 0 radical (unpaired) electrons. The average molecular weight is 885 g/mol. The van der Waals surface area contributed by atoms with Crippen molar-refractivity contribution in [3.8, 4) is 0 Å².